The predicted molar refractivity (Wildman–Crippen MR) is 227 cm³/mol. The van der Waals surface area contributed by atoms with Crippen LogP contribution in [0.1, 0.15) is 81.4 Å². The molecule has 58 heavy (non-hydrogen) atoms. The first-order valence-electron chi connectivity index (χ1n) is 19.2. The van der Waals surface area contributed by atoms with Crippen LogP contribution in [0.4, 0.5) is 5.69 Å². The van der Waals surface area contributed by atoms with Crippen LogP contribution >= 0.6 is 0 Å². The van der Waals surface area contributed by atoms with Crippen LogP contribution < -0.4 is 18.9 Å². The highest BCUT2D eigenvalue weighted by Crippen LogP contribution is 2.34. The van der Waals surface area contributed by atoms with Crippen molar-refractivity contribution in [2.75, 3.05) is 24.1 Å². The lowest BCUT2D eigenvalue weighted by Gasteiger charge is -2.30. The third-order valence-corrected chi connectivity index (χ3v) is 9.84. The predicted octanol–water partition coefficient (Wildman–Crippen LogP) is 8.91. The fraction of sp³-hybridized carbons (Fsp3) is 0.319. The van der Waals surface area contributed by atoms with E-state index in [4.69, 9.17) is 14.2 Å². The second-order valence-corrected chi connectivity index (χ2v) is 18.3. The van der Waals surface area contributed by atoms with Gasteiger partial charge in [0.15, 0.2) is 0 Å². The van der Waals surface area contributed by atoms with E-state index in [9.17, 15) is 23.1 Å². The maximum absolute atomic E-state index is 12.7. The van der Waals surface area contributed by atoms with Crippen LogP contribution in [0.3, 0.4) is 0 Å². The summed E-state index contributed by atoms with van der Waals surface area (Å²) in [6.07, 6.45) is 0.0483. The second kappa shape index (κ2) is 18.8. The van der Waals surface area contributed by atoms with Crippen LogP contribution in [0.25, 0.3) is 0 Å². The molecule has 0 bridgehead atoms. The number of carbonyl (C=O) groups is 2. The van der Waals surface area contributed by atoms with Crippen molar-refractivity contribution in [3.63, 3.8) is 0 Å². The number of aliphatic hydroxyl groups excluding tert-OH is 1. The Morgan fingerprint density at radius 3 is 1.59 bits per heavy atom. The fourth-order valence-electron chi connectivity index (χ4n) is 6.01. The molecule has 0 heterocycles. The highest BCUT2D eigenvalue weighted by molar-refractivity contribution is 7.92. The first kappa shape index (κ1) is 43.6. The van der Waals surface area contributed by atoms with E-state index < -0.39 is 27.0 Å². The molecule has 0 saturated heterocycles. The van der Waals surface area contributed by atoms with Crippen molar-refractivity contribution in [3.05, 3.63) is 155 Å². The molecule has 0 spiro atoms. The first-order valence-corrected chi connectivity index (χ1v) is 21.1. The Hall–Kier alpha value is -5.49. The van der Waals surface area contributed by atoms with Crippen molar-refractivity contribution in [2.24, 2.45) is 10.8 Å². The van der Waals surface area contributed by atoms with Gasteiger partial charge in [-0.15, -0.1) is 0 Å². The van der Waals surface area contributed by atoms with Crippen LogP contribution in [0, 0.1) is 10.8 Å². The van der Waals surface area contributed by atoms with Crippen molar-refractivity contribution in [3.8, 4) is 17.2 Å². The summed E-state index contributed by atoms with van der Waals surface area (Å²) < 4.78 is 44.8. The minimum atomic E-state index is -3.68. The van der Waals surface area contributed by atoms with Gasteiger partial charge in [-0.2, -0.15) is 0 Å². The molecule has 0 amide bonds. The number of benzene rings is 5. The van der Waals surface area contributed by atoms with Crippen LogP contribution in [-0.4, -0.2) is 49.7 Å². The molecule has 0 fully saturated rings. The van der Waals surface area contributed by atoms with Crippen LogP contribution in [-0.2, 0) is 32.8 Å². The molecule has 0 saturated carbocycles. The van der Waals surface area contributed by atoms with Gasteiger partial charge in [-0.05, 0) is 106 Å². The van der Waals surface area contributed by atoms with Crippen LogP contribution in [0.5, 0.6) is 17.2 Å². The second-order valence-electron chi connectivity index (χ2n) is 16.6. The van der Waals surface area contributed by atoms with Gasteiger partial charge >= 0.3 is 11.9 Å². The molecule has 0 aliphatic heterocycles. The monoisotopic (exact) mass is 806 g/mol. The molecule has 0 aliphatic carbocycles. The first-order chi connectivity index (χ1) is 27.3. The van der Waals surface area contributed by atoms with Gasteiger partial charge in [-0.25, -0.2) is 8.42 Å². The number of anilines is 1. The minimum Gasteiger partial charge on any atom is -0.487 e. The van der Waals surface area contributed by atoms with Gasteiger partial charge in [-0.1, -0.05) is 91.0 Å². The summed E-state index contributed by atoms with van der Waals surface area (Å²) in [4.78, 5) is 27.5. The lowest BCUT2D eigenvalue weighted by atomic mass is 9.90. The van der Waals surface area contributed by atoms with Gasteiger partial charge in [0.1, 0.15) is 23.9 Å². The van der Waals surface area contributed by atoms with E-state index in [1.54, 1.807) is 84.0 Å². The standard InChI is InChI=1S/C47H54N2O8S/c1-46(2,3)44(51)56-38-23-18-35(19-24-38)40(36-20-25-39(26-21-36)57-45(52)47(4,5)6)30-49(29-33-14-10-8-11-15-33)31-42(50)37-22-27-43(41(28-37)48-58(7,53)54)55-32-34-16-12-9-13-17-34/h8-28,40,42,48,50H,29-32H2,1-7H3/t42-/m0/s1. The van der Waals surface area contributed by atoms with Gasteiger partial charge in [0.05, 0.1) is 28.9 Å². The molecule has 0 unspecified atom stereocenters. The summed E-state index contributed by atoms with van der Waals surface area (Å²) in [6, 6.07) is 39.3. The van der Waals surface area contributed by atoms with Crippen molar-refractivity contribution in [1.82, 2.24) is 4.90 Å². The number of ether oxygens (including phenoxy) is 3. The molecular weight excluding hydrogens is 753 g/mol. The van der Waals surface area contributed by atoms with Crippen LogP contribution in [0.15, 0.2) is 127 Å². The van der Waals surface area contributed by atoms with E-state index in [1.807, 2.05) is 84.9 Å². The zero-order valence-corrected chi connectivity index (χ0v) is 35.1. The SMILES string of the molecule is CC(C)(C)C(=O)Oc1ccc(C(CN(Cc2ccccc2)C[C@H](O)c2ccc(OCc3ccccc3)c(NS(C)(=O)=O)c2)c2ccc(OC(=O)C(C)(C)C)cc2)cc1. The van der Waals surface area contributed by atoms with Gasteiger partial charge < -0.3 is 19.3 Å². The number of nitrogens with one attached hydrogen (secondary N) is 1. The number of nitrogens with zero attached hydrogens (tertiary/aromatic N) is 1. The normalized spacial score (nSPS) is 12.6. The van der Waals surface area contributed by atoms with Gasteiger partial charge in [0.2, 0.25) is 10.0 Å². The summed E-state index contributed by atoms with van der Waals surface area (Å²) in [5.41, 5.74) is 3.20. The van der Waals surface area contributed by atoms with E-state index in [-0.39, 0.29) is 36.7 Å². The summed E-state index contributed by atoms with van der Waals surface area (Å²) in [6.45, 7) is 12.2. The average Bonchev–Trinajstić information content (AvgIpc) is 3.16. The van der Waals surface area contributed by atoms with Crippen molar-refractivity contribution in [1.29, 1.82) is 0 Å². The molecule has 0 aliphatic rings. The maximum atomic E-state index is 12.7. The zero-order valence-electron chi connectivity index (χ0n) is 34.3. The molecular formula is C47H54N2O8S. The minimum absolute atomic E-state index is 0.191. The highest BCUT2D eigenvalue weighted by atomic mass is 32.2. The Morgan fingerprint density at radius 2 is 1.12 bits per heavy atom. The Labute approximate surface area is 342 Å². The maximum Gasteiger partial charge on any atom is 0.316 e. The number of sulfonamides is 1. The van der Waals surface area contributed by atoms with E-state index >= 15 is 0 Å². The van der Waals surface area contributed by atoms with Gasteiger partial charge in [0.25, 0.3) is 0 Å². The van der Waals surface area contributed by atoms with Gasteiger partial charge in [-0.3, -0.25) is 19.2 Å². The van der Waals surface area contributed by atoms with E-state index in [0.717, 1.165) is 28.5 Å². The van der Waals surface area contributed by atoms with E-state index in [2.05, 4.69) is 9.62 Å². The van der Waals surface area contributed by atoms with Gasteiger partial charge in [0, 0.05) is 25.6 Å². The lowest BCUT2D eigenvalue weighted by molar-refractivity contribution is -0.143. The Morgan fingerprint density at radius 1 is 0.655 bits per heavy atom. The van der Waals surface area contributed by atoms with Crippen molar-refractivity contribution in [2.45, 2.75) is 66.7 Å². The van der Waals surface area contributed by atoms with E-state index in [1.165, 1.54) is 0 Å². The molecule has 10 nitrogen and oxygen atoms in total. The number of rotatable bonds is 16. The number of carbonyl (C=O) groups excluding carboxylic acids is 2. The fourth-order valence-corrected chi connectivity index (χ4v) is 6.57. The van der Waals surface area contributed by atoms with E-state index in [0.29, 0.717) is 35.9 Å². The summed E-state index contributed by atoms with van der Waals surface area (Å²) in [7, 11) is -3.68. The molecule has 11 heteroatoms. The zero-order chi connectivity index (χ0) is 42.1. The molecule has 2 N–H and O–H groups in total. The topological polar surface area (TPSA) is 131 Å². The van der Waals surface area contributed by atoms with Crippen molar-refractivity contribution >= 4 is 27.6 Å². The molecule has 0 radical (unpaired) electrons. The van der Waals surface area contributed by atoms with Crippen molar-refractivity contribution < 1.29 is 37.3 Å². The van der Waals surface area contributed by atoms with Crippen LogP contribution in [0.2, 0.25) is 0 Å². The summed E-state index contributed by atoms with van der Waals surface area (Å²) in [5.74, 6) is 0.264. The quantitative estimate of drug-likeness (QED) is 0.0742. The Kier molecular flexibility index (Phi) is 14.2. The highest BCUT2D eigenvalue weighted by Gasteiger charge is 2.27. The third kappa shape index (κ3) is 13.0. The number of hydrogen-bond acceptors (Lipinski definition) is 9. The largest absolute Gasteiger partial charge is 0.487 e. The Balaban J connectivity index is 1.47. The molecule has 5 aromatic rings. The summed E-state index contributed by atoms with van der Waals surface area (Å²) in [5, 5.41) is 11.9. The third-order valence-electron chi connectivity index (χ3n) is 9.25. The number of esters is 2. The molecule has 5 rings (SSSR count). The number of aliphatic hydroxyl groups is 1. The molecule has 306 valence electrons. The molecule has 5 aromatic carbocycles. The molecule has 0 aromatic heterocycles. The smallest absolute Gasteiger partial charge is 0.316 e. The molecule has 1 atom stereocenters. The average molecular weight is 807 g/mol. The summed E-state index contributed by atoms with van der Waals surface area (Å²) >= 11 is 0. The number of hydrogen-bond donors (Lipinski definition) is 2. The lowest BCUT2D eigenvalue weighted by Crippen LogP contribution is -2.33. The Bertz CT molecular complexity index is 2160.